The number of rotatable bonds is 3. The zero-order chi connectivity index (χ0) is 21.0. The van der Waals surface area contributed by atoms with E-state index in [1.165, 1.54) is 19.3 Å². The lowest BCUT2D eigenvalue weighted by molar-refractivity contribution is -0.159. The van der Waals surface area contributed by atoms with Gasteiger partial charge in [0, 0.05) is 39.1 Å². The number of aromatic nitrogens is 3. The highest BCUT2D eigenvalue weighted by Gasteiger charge is 2.55. The summed E-state index contributed by atoms with van der Waals surface area (Å²) in [6.45, 7) is 3.91. The first kappa shape index (κ1) is 19.6. The van der Waals surface area contributed by atoms with Crippen molar-refractivity contribution in [3.05, 3.63) is 11.6 Å². The van der Waals surface area contributed by atoms with Crippen molar-refractivity contribution in [3.63, 3.8) is 0 Å². The van der Waals surface area contributed by atoms with Crippen molar-refractivity contribution in [1.82, 2.24) is 29.9 Å². The van der Waals surface area contributed by atoms with Crippen LogP contribution in [-0.4, -0.2) is 62.7 Å². The standard InChI is InChI=1S/C23H34N6O2/c30-21(23-12-16-9-17(13-23)11-18(10-16)14-23)27-5-7-28(8-6-27)22(31)24-15-20-26-25-19-3-1-2-4-29(19)20/h16-18H,1-15H2,(H,24,31). The van der Waals surface area contributed by atoms with E-state index in [1.807, 2.05) is 4.90 Å². The zero-order valence-electron chi connectivity index (χ0n) is 18.4. The third-order valence-corrected chi connectivity index (χ3v) is 8.68. The smallest absolute Gasteiger partial charge is 0.317 e. The summed E-state index contributed by atoms with van der Waals surface area (Å²) in [5, 5.41) is 11.5. The Bertz CT molecular complexity index is 836. The SMILES string of the molecule is O=C(NCc1nnc2n1CCCC2)N1CCN(C(=O)C23CC4CC(CC(C4)C2)C3)CC1. The minimum atomic E-state index is -0.0774. The quantitative estimate of drug-likeness (QED) is 0.803. The molecule has 3 heterocycles. The van der Waals surface area contributed by atoms with Crippen LogP contribution in [0.2, 0.25) is 0 Å². The highest BCUT2D eigenvalue weighted by atomic mass is 16.2. The van der Waals surface area contributed by atoms with Crippen LogP contribution < -0.4 is 5.32 Å². The number of carbonyl (C=O) groups excluding carboxylic acids is 2. The molecule has 3 amide bonds. The monoisotopic (exact) mass is 426 g/mol. The normalized spacial score (nSPS) is 34.0. The van der Waals surface area contributed by atoms with Gasteiger partial charge in [-0.1, -0.05) is 0 Å². The number of carbonyl (C=O) groups is 2. The van der Waals surface area contributed by atoms with Gasteiger partial charge in [-0.25, -0.2) is 4.79 Å². The highest BCUT2D eigenvalue weighted by Crippen LogP contribution is 2.60. The van der Waals surface area contributed by atoms with Gasteiger partial charge in [0.15, 0.2) is 5.82 Å². The van der Waals surface area contributed by atoms with E-state index >= 15 is 0 Å². The van der Waals surface area contributed by atoms with Crippen molar-refractivity contribution in [3.8, 4) is 0 Å². The average molecular weight is 427 g/mol. The number of piperazine rings is 1. The number of urea groups is 1. The molecule has 0 atom stereocenters. The number of fused-ring (bicyclic) bond motifs is 1. The van der Waals surface area contributed by atoms with Gasteiger partial charge < -0.3 is 19.7 Å². The number of amides is 3. The molecule has 1 aromatic heterocycles. The van der Waals surface area contributed by atoms with Crippen LogP contribution in [0.3, 0.4) is 0 Å². The maximum atomic E-state index is 13.5. The fourth-order valence-electron chi connectivity index (χ4n) is 7.59. The molecule has 0 spiro atoms. The molecule has 1 saturated heterocycles. The van der Waals surface area contributed by atoms with Crippen LogP contribution in [0.5, 0.6) is 0 Å². The van der Waals surface area contributed by atoms with Crippen LogP contribution >= 0.6 is 0 Å². The van der Waals surface area contributed by atoms with E-state index in [9.17, 15) is 9.59 Å². The number of hydrogen-bond donors (Lipinski definition) is 1. The largest absolute Gasteiger partial charge is 0.339 e. The van der Waals surface area contributed by atoms with Gasteiger partial charge in [0.05, 0.1) is 12.0 Å². The van der Waals surface area contributed by atoms with Crippen molar-refractivity contribution in [1.29, 1.82) is 0 Å². The van der Waals surface area contributed by atoms with Gasteiger partial charge in [-0.15, -0.1) is 10.2 Å². The Balaban J connectivity index is 1.03. The molecule has 5 fully saturated rings. The first-order valence-electron chi connectivity index (χ1n) is 12.3. The Morgan fingerprint density at radius 3 is 2.19 bits per heavy atom. The predicted molar refractivity (Wildman–Crippen MR) is 114 cm³/mol. The summed E-state index contributed by atoms with van der Waals surface area (Å²) in [6.07, 6.45) is 10.7. The molecule has 2 aliphatic heterocycles. The lowest BCUT2D eigenvalue weighted by atomic mass is 9.49. The average Bonchev–Trinajstić information content (AvgIpc) is 3.19. The second-order valence-corrected chi connectivity index (χ2v) is 10.8. The summed E-state index contributed by atoms with van der Waals surface area (Å²) < 4.78 is 2.14. The molecule has 6 aliphatic rings. The first-order valence-corrected chi connectivity index (χ1v) is 12.3. The molecule has 31 heavy (non-hydrogen) atoms. The Labute approximate surface area is 183 Å². The van der Waals surface area contributed by atoms with Gasteiger partial charge in [0.1, 0.15) is 5.82 Å². The molecule has 1 N–H and O–H groups in total. The van der Waals surface area contributed by atoms with Crippen LogP contribution in [-0.2, 0) is 24.3 Å². The third kappa shape index (κ3) is 3.42. The number of aryl methyl sites for hydroxylation is 1. The maximum absolute atomic E-state index is 13.5. The van der Waals surface area contributed by atoms with Crippen molar-refractivity contribution in [2.24, 2.45) is 23.2 Å². The molecule has 168 valence electrons. The van der Waals surface area contributed by atoms with Crippen molar-refractivity contribution in [2.75, 3.05) is 26.2 Å². The Morgan fingerprint density at radius 1 is 0.871 bits per heavy atom. The van der Waals surface area contributed by atoms with Crippen LogP contribution in [0.15, 0.2) is 0 Å². The lowest BCUT2D eigenvalue weighted by Crippen LogP contribution is -2.59. The Hall–Kier alpha value is -2.12. The molecule has 8 heteroatoms. The lowest BCUT2D eigenvalue weighted by Gasteiger charge is -2.57. The molecule has 0 unspecified atom stereocenters. The molecule has 0 aromatic carbocycles. The molecule has 1 aromatic rings. The van der Waals surface area contributed by atoms with Gasteiger partial charge in [-0.05, 0) is 69.1 Å². The molecular weight excluding hydrogens is 392 g/mol. The van der Waals surface area contributed by atoms with Crippen LogP contribution in [0.25, 0.3) is 0 Å². The third-order valence-electron chi connectivity index (χ3n) is 8.68. The van der Waals surface area contributed by atoms with Crippen LogP contribution in [0.1, 0.15) is 63.0 Å². The van der Waals surface area contributed by atoms with Gasteiger partial charge in [-0.2, -0.15) is 0 Å². The summed E-state index contributed by atoms with van der Waals surface area (Å²) in [5.41, 5.74) is -0.0774. The molecule has 4 saturated carbocycles. The molecular formula is C23H34N6O2. The number of hydrogen-bond acceptors (Lipinski definition) is 4. The molecule has 8 nitrogen and oxygen atoms in total. The van der Waals surface area contributed by atoms with E-state index in [-0.39, 0.29) is 11.4 Å². The highest BCUT2D eigenvalue weighted by molar-refractivity contribution is 5.84. The van der Waals surface area contributed by atoms with E-state index < -0.39 is 0 Å². The summed E-state index contributed by atoms with van der Waals surface area (Å²) >= 11 is 0. The number of nitrogens with zero attached hydrogens (tertiary/aromatic N) is 5. The molecule has 4 bridgehead atoms. The van der Waals surface area contributed by atoms with E-state index in [0.29, 0.717) is 38.6 Å². The topological polar surface area (TPSA) is 83.4 Å². The van der Waals surface area contributed by atoms with Gasteiger partial charge in [0.25, 0.3) is 0 Å². The van der Waals surface area contributed by atoms with Crippen molar-refractivity contribution >= 4 is 11.9 Å². The summed E-state index contributed by atoms with van der Waals surface area (Å²) in [7, 11) is 0. The van der Waals surface area contributed by atoms with E-state index in [1.54, 1.807) is 0 Å². The van der Waals surface area contributed by atoms with E-state index in [4.69, 9.17) is 0 Å². The van der Waals surface area contributed by atoms with Crippen LogP contribution in [0.4, 0.5) is 4.79 Å². The second kappa shape index (κ2) is 7.48. The van der Waals surface area contributed by atoms with Gasteiger partial charge in [-0.3, -0.25) is 4.79 Å². The minimum Gasteiger partial charge on any atom is -0.339 e. The second-order valence-electron chi connectivity index (χ2n) is 10.8. The fraction of sp³-hybridized carbons (Fsp3) is 0.826. The number of nitrogens with one attached hydrogen (secondary N) is 1. The van der Waals surface area contributed by atoms with Crippen molar-refractivity contribution in [2.45, 2.75) is 70.9 Å². The van der Waals surface area contributed by atoms with E-state index in [2.05, 4.69) is 25.0 Å². The fourth-order valence-corrected chi connectivity index (χ4v) is 7.59. The predicted octanol–water partition coefficient (Wildman–Crippen LogP) is 2.18. The summed E-state index contributed by atoms with van der Waals surface area (Å²) in [5.74, 6) is 4.62. The zero-order valence-corrected chi connectivity index (χ0v) is 18.4. The Morgan fingerprint density at radius 2 is 1.52 bits per heavy atom. The van der Waals surface area contributed by atoms with Gasteiger partial charge in [0.2, 0.25) is 5.91 Å². The molecule has 4 aliphatic carbocycles. The molecule has 7 rings (SSSR count). The van der Waals surface area contributed by atoms with Gasteiger partial charge >= 0.3 is 6.03 Å². The first-order chi connectivity index (χ1) is 15.1. The maximum Gasteiger partial charge on any atom is 0.317 e. The van der Waals surface area contributed by atoms with Crippen LogP contribution in [0, 0.1) is 23.2 Å². The Kier molecular flexibility index (Phi) is 4.72. The van der Waals surface area contributed by atoms with E-state index in [0.717, 1.165) is 74.5 Å². The minimum absolute atomic E-state index is 0.0601. The molecule has 0 radical (unpaired) electrons. The van der Waals surface area contributed by atoms with Crippen molar-refractivity contribution < 1.29 is 9.59 Å². The summed E-state index contributed by atoms with van der Waals surface area (Å²) in [6, 6.07) is -0.0601. The summed E-state index contributed by atoms with van der Waals surface area (Å²) in [4.78, 5) is 30.2.